The topological polar surface area (TPSA) is 12.5 Å². The first-order chi connectivity index (χ1) is 13.0. The zero-order chi connectivity index (χ0) is 18.9. The Morgan fingerprint density at radius 3 is 2.19 bits per heavy atom. The quantitative estimate of drug-likeness (QED) is 0.551. The molecule has 27 heavy (non-hydrogen) atoms. The Morgan fingerprint density at radius 1 is 0.852 bits per heavy atom. The van der Waals surface area contributed by atoms with Crippen LogP contribution in [0.3, 0.4) is 0 Å². The fourth-order valence-corrected chi connectivity index (χ4v) is 5.59. The van der Waals surface area contributed by atoms with Gasteiger partial charge < -0.3 is 9.33 Å². The molecule has 0 amide bonds. The predicted octanol–water partition coefficient (Wildman–Crippen LogP) is 6.69. The first-order valence-corrected chi connectivity index (χ1v) is 13.7. The molecular weight excluding hydrogens is 346 g/mol. The summed E-state index contributed by atoms with van der Waals surface area (Å²) in [6, 6.07) is 22.8. The molecule has 3 heteroatoms. The van der Waals surface area contributed by atoms with Gasteiger partial charge in [0, 0.05) is 12.1 Å². The second-order valence-corrected chi connectivity index (χ2v) is 13.2. The van der Waals surface area contributed by atoms with E-state index in [1.807, 2.05) is 0 Å². The molecule has 0 radical (unpaired) electrons. The number of anilines is 1. The molecule has 2 nitrogen and oxygen atoms in total. The first kappa shape index (κ1) is 18.4. The fourth-order valence-electron chi connectivity index (χ4n) is 4.64. The van der Waals surface area contributed by atoms with Gasteiger partial charge in [0.2, 0.25) is 8.32 Å². The van der Waals surface area contributed by atoms with E-state index >= 15 is 0 Å². The molecule has 0 saturated heterocycles. The molecule has 2 aromatic carbocycles. The van der Waals surface area contributed by atoms with E-state index in [1.54, 1.807) is 5.57 Å². The summed E-state index contributed by atoms with van der Waals surface area (Å²) < 4.78 is 6.68. The largest absolute Gasteiger partial charge is 0.547 e. The van der Waals surface area contributed by atoms with Crippen LogP contribution in [0.15, 0.2) is 72.0 Å². The molecule has 4 rings (SSSR count). The molecule has 2 aromatic rings. The smallest absolute Gasteiger partial charge is 0.241 e. The molecule has 2 atom stereocenters. The minimum atomic E-state index is -1.63. The Labute approximate surface area is 165 Å². The summed E-state index contributed by atoms with van der Waals surface area (Å²) >= 11 is 0. The number of benzene rings is 2. The van der Waals surface area contributed by atoms with Crippen molar-refractivity contribution < 1.29 is 4.43 Å². The van der Waals surface area contributed by atoms with Crippen molar-refractivity contribution in [3.63, 3.8) is 0 Å². The molecule has 142 valence electrons. The van der Waals surface area contributed by atoms with E-state index in [-0.39, 0.29) is 0 Å². The Morgan fingerprint density at radius 2 is 1.52 bits per heavy atom. The van der Waals surface area contributed by atoms with Crippen molar-refractivity contribution in [2.45, 2.75) is 63.8 Å². The van der Waals surface area contributed by atoms with Gasteiger partial charge in [-0.1, -0.05) is 55.0 Å². The second-order valence-electron chi connectivity index (χ2n) is 8.80. The van der Waals surface area contributed by atoms with E-state index in [4.69, 9.17) is 4.43 Å². The van der Waals surface area contributed by atoms with Gasteiger partial charge in [-0.2, -0.15) is 0 Å². The maximum atomic E-state index is 6.68. The van der Waals surface area contributed by atoms with Crippen LogP contribution >= 0.6 is 0 Å². The zero-order valence-electron chi connectivity index (χ0n) is 16.8. The Balaban J connectivity index is 1.82. The van der Waals surface area contributed by atoms with Gasteiger partial charge in [0.1, 0.15) is 0 Å². The van der Waals surface area contributed by atoms with Gasteiger partial charge in [0.15, 0.2) is 0 Å². The van der Waals surface area contributed by atoms with Crippen LogP contribution < -0.4 is 4.90 Å². The summed E-state index contributed by atoms with van der Waals surface area (Å²) in [5.74, 6) is 1.31. The lowest BCUT2D eigenvalue weighted by molar-refractivity contribution is 0.320. The molecule has 2 aliphatic rings. The van der Waals surface area contributed by atoms with E-state index in [0.717, 1.165) is 6.42 Å². The number of para-hydroxylation sites is 1. The van der Waals surface area contributed by atoms with Crippen molar-refractivity contribution in [3.8, 4) is 0 Å². The molecule has 1 heterocycles. The van der Waals surface area contributed by atoms with Gasteiger partial charge in [0.25, 0.3) is 0 Å². The van der Waals surface area contributed by atoms with Gasteiger partial charge >= 0.3 is 0 Å². The van der Waals surface area contributed by atoms with E-state index in [1.165, 1.54) is 42.7 Å². The molecule has 1 aliphatic heterocycles. The molecule has 0 spiro atoms. The van der Waals surface area contributed by atoms with E-state index in [9.17, 15) is 0 Å². The number of nitrogens with zero attached hydrogens (tertiary/aromatic N) is 1. The predicted molar refractivity (Wildman–Crippen MR) is 116 cm³/mol. The average molecular weight is 378 g/mol. The molecule has 1 aliphatic carbocycles. The van der Waals surface area contributed by atoms with E-state index in [2.05, 4.69) is 85.2 Å². The monoisotopic (exact) mass is 377 g/mol. The lowest BCUT2D eigenvalue weighted by atomic mass is 9.81. The van der Waals surface area contributed by atoms with Crippen LogP contribution in [-0.2, 0) is 4.43 Å². The highest BCUT2D eigenvalue weighted by atomic mass is 28.4. The van der Waals surface area contributed by atoms with Crippen LogP contribution in [0.4, 0.5) is 5.69 Å². The van der Waals surface area contributed by atoms with Gasteiger partial charge in [-0.15, -0.1) is 0 Å². The standard InChI is InChI=1S/C24H31NOSi/c1-27(2,3)26-24-18-23(19-12-6-4-7-13-19)25(20-14-8-5-9-15-20)22-17-11-10-16-21(22)24/h4-9,12-15,22-23H,10-11,16-18H2,1-3H3/t22-,23-/m0/s1. The highest BCUT2D eigenvalue weighted by Crippen LogP contribution is 2.46. The third-order valence-corrected chi connectivity index (χ3v) is 6.51. The molecule has 0 aromatic heterocycles. The van der Waals surface area contributed by atoms with Crippen molar-refractivity contribution >= 4 is 14.0 Å². The van der Waals surface area contributed by atoms with Gasteiger partial charge in [0.05, 0.1) is 17.8 Å². The molecule has 1 saturated carbocycles. The van der Waals surface area contributed by atoms with E-state index < -0.39 is 8.32 Å². The SMILES string of the molecule is C[Si](C)(C)OC1=C2CCCC[C@@H]2N(c2ccccc2)[C@H](c2ccccc2)C1. The molecule has 1 fully saturated rings. The van der Waals surface area contributed by atoms with Gasteiger partial charge in [-0.3, -0.25) is 0 Å². The van der Waals surface area contributed by atoms with E-state index in [0.29, 0.717) is 12.1 Å². The normalized spacial score (nSPS) is 23.1. The fraction of sp³-hybridized carbons (Fsp3) is 0.417. The zero-order valence-corrected chi connectivity index (χ0v) is 17.8. The summed E-state index contributed by atoms with van der Waals surface area (Å²) in [5.41, 5.74) is 4.30. The van der Waals surface area contributed by atoms with Crippen LogP contribution in [0.1, 0.15) is 43.7 Å². The highest BCUT2D eigenvalue weighted by molar-refractivity contribution is 6.70. The molecule has 0 bridgehead atoms. The lowest BCUT2D eigenvalue weighted by Crippen LogP contribution is -2.46. The Hall–Kier alpha value is -2.00. The molecule has 0 unspecified atom stereocenters. The number of fused-ring (bicyclic) bond motifs is 1. The number of rotatable bonds is 4. The van der Waals surface area contributed by atoms with Crippen molar-refractivity contribution in [3.05, 3.63) is 77.6 Å². The summed E-state index contributed by atoms with van der Waals surface area (Å²) in [5, 5.41) is 0. The van der Waals surface area contributed by atoms with Crippen molar-refractivity contribution in [2.75, 3.05) is 4.90 Å². The second kappa shape index (κ2) is 7.55. The Bertz CT molecular complexity index is 794. The summed E-state index contributed by atoms with van der Waals surface area (Å²) in [6.45, 7) is 6.92. The minimum absolute atomic E-state index is 0.340. The van der Waals surface area contributed by atoms with Crippen LogP contribution in [0.5, 0.6) is 0 Å². The van der Waals surface area contributed by atoms with Crippen molar-refractivity contribution in [1.82, 2.24) is 0 Å². The number of hydrogen-bond acceptors (Lipinski definition) is 2. The maximum Gasteiger partial charge on any atom is 0.241 e. The summed E-state index contributed by atoms with van der Waals surface area (Å²) in [7, 11) is -1.63. The van der Waals surface area contributed by atoms with Crippen molar-refractivity contribution in [2.24, 2.45) is 0 Å². The summed E-state index contributed by atoms with van der Waals surface area (Å²) in [4.78, 5) is 2.68. The first-order valence-electron chi connectivity index (χ1n) is 10.3. The number of hydrogen-bond donors (Lipinski definition) is 0. The van der Waals surface area contributed by atoms with Gasteiger partial charge in [-0.05, 0) is 62.2 Å². The highest BCUT2D eigenvalue weighted by Gasteiger charge is 2.39. The maximum absolute atomic E-state index is 6.68. The van der Waals surface area contributed by atoms with Crippen molar-refractivity contribution in [1.29, 1.82) is 0 Å². The van der Waals surface area contributed by atoms with Crippen LogP contribution in [0, 0.1) is 0 Å². The molecular formula is C24H31NOSi. The molecule has 0 N–H and O–H groups in total. The van der Waals surface area contributed by atoms with Crippen LogP contribution in [0.25, 0.3) is 0 Å². The van der Waals surface area contributed by atoms with Gasteiger partial charge in [-0.25, -0.2) is 0 Å². The lowest BCUT2D eigenvalue weighted by Gasteiger charge is -2.48. The Kier molecular flexibility index (Phi) is 5.14. The average Bonchev–Trinajstić information content (AvgIpc) is 2.68. The minimum Gasteiger partial charge on any atom is -0.547 e. The summed E-state index contributed by atoms with van der Waals surface area (Å²) in [6.07, 6.45) is 6.00. The van der Waals surface area contributed by atoms with Crippen LogP contribution in [0.2, 0.25) is 19.6 Å². The van der Waals surface area contributed by atoms with Crippen LogP contribution in [-0.4, -0.2) is 14.4 Å². The third kappa shape index (κ3) is 3.98. The third-order valence-electron chi connectivity index (χ3n) is 5.65.